The number of carbonyl (C=O) groups is 2. The molecule has 0 saturated heterocycles. The van der Waals surface area contributed by atoms with Crippen molar-refractivity contribution in [2.45, 2.75) is 44.9 Å². The predicted molar refractivity (Wildman–Crippen MR) is 112 cm³/mol. The highest BCUT2D eigenvalue weighted by Gasteiger charge is 2.31. The van der Waals surface area contributed by atoms with Crippen molar-refractivity contribution in [2.75, 3.05) is 4.31 Å². The van der Waals surface area contributed by atoms with Crippen molar-refractivity contribution in [1.82, 2.24) is 0 Å². The van der Waals surface area contributed by atoms with Gasteiger partial charge in [0.25, 0.3) is 10.0 Å². The number of sulfonamides is 1. The number of aryl methyl sites for hydroxylation is 1. The third-order valence-corrected chi connectivity index (χ3v) is 6.45. The lowest BCUT2D eigenvalue weighted by Gasteiger charge is -2.23. The Balaban J connectivity index is 2.20. The van der Waals surface area contributed by atoms with Gasteiger partial charge in [-0.15, -0.1) is 0 Å². The number of hydrogen-bond acceptors (Lipinski definition) is 5. The minimum atomic E-state index is -4.11. The highest BCUT2D eigenvalue weighted by Crippen LogP contribution is 2.32. The molecule has 6 nitrogen and oxygen atoms in total. The maximum absolute atomic E-state index is 13.3. The van der Waals surface area contributed by atoms with Crippen molar-refractivity contribution in [3.8, 4) is 0 Å². The van der Waals surface area contributed by atoms with Crippen LogP contribution >= 0.6 is 0 Å². The normalized spacial score (nSPS) is 11.6. The standard InChI is InChI=1S/C22H23NO5S/c1-4-5-11-21(25)23(29(26,27)18-9-7-6-8-10-18)17-12-13-20-19(14-17)22(15(2)24)16(3)28-20/h6-10,12-14H,4-5,11H2,1-3H3. The molecule has 0 N–H and O–H groups in total. The van der Waals surface area contributed by atoms with Crippen LogP contribution in [0, 0.1) is 6.92 Å². The zero-order valence-electron chi connectivity index (χ0n) is 16.6. The van der Waals surface area contributed by atoms with Crippen LogP contribution in [-0.2, 0) is 14.8 Å². The van der Waals surface area contributed by atoms with E-state index in [1.54, 1.807) is 31.2 Å². The first kappa shape index (κ1) is 20.8. The molecular weight excluding hydrogens is 390 g/mol. The summed E-state index contributed by atoms with van der Waals surface area (Å²) in [6, 6.07) is 12.5. The fourth-order valence-electron chi connectivity index (χ4n) is 3.32. The number of hydrogen-bond donors (Lipinski definition) is 0. The molecule has 0 aliphatic heterocycles. The largest absolute Gasteiger partial charge is 0.461 e. The zero-order chi connectivity index (χ0) is 21.2. The first-order valence-corrected chi connectivity index (χ1v) is 10.9. The van der Waals surface area contributed by atoms with Crippen molar-refractivity contribution in [3.05, 3.63) is 59.9 Å². The van der Waals surface area contributed by atoms with E-state index in [-0.39, 0.29) is 22.8 Å². The van der Waals surface area contributed by atoms with E-state index in [1.807, 2.05) is 6.92 Å². The molecule has 0 bridgehead atoms. The number of nitrogens with zero attached hydrogens (tertiary/aromatic N) is 1. The monoisotopic (exact) mass is 413 g/mol. The van der Waals surface area contributed by atoms with E-state index in [2.05, 4.69) is 0 Å². The van der Waals surface area contributed by atoms with Gasteiger partial charge < -0.3 is 4.42 Å². The molecule has 0 atom stereocenters. The Morgan fingerprint density at radius 3 is 2.38 bits per heavy atom. The van der Waals surface area contributed by atoms with Crippen LogP contribution in [0.2, 0.25) is 0 Å². The van der Waals surface area contributed by atoms with Gasteiger partial charge in [-0.1, -0.05) is 31.5 Å². The summed E-state index contributed by atoms with van der Waals surface area (Å²) in [6.45, 7) is 5.04. The highest BCUT2D eigenvalue weighted by atomic mass is 32.2. The maximum Gasteiger partial charge on any atom is 0.270 e. The van der Waals surface area contributed by atoms with Gasteiger partial charge in [0.15, 0.2) is 5.78 Å². The first-order chi connectivity index (χ1) is 13.8. The van der Waals surface area contributed by atoms with Gasteiger partial charge in [0.05, 0.1) is 16.1 Å². The molecule has 0 radical (unpaired) electrons. The van der Waals surface area contributed by atoms with Gasteiger partial charge in [0.2, 0.25) is 5.91 Å². The molecular formula is C22H23NO5S. The number of carbonyl (C=O) groups excluding carboxylic acids is 2. The lowest BCUT2D eigenvalue weighted by molar-refractivity contribution is -0.117. The molecule has 2 aromatic carbocycles. The molecule has 29 heavy (non-hydrogen) atoms. The number of Topliss-reactive ketones (excluding diaryl/α,β-unsaturated/α-hetero) is 1. The highest BCUT2D eigenvalue weighted by molar-refractivity contribution is 7.93. The van der Waals surface area contributed by atoms with Crippen LogP contribution in [0.5, 0.6) is 0 Å². The minimum Gasteiger partial charge on any atom is -0.461 e. The van der Waals surface area contributed by atoms with Crippen LogP contribution in [0.4, 0.5) is 5.69 Å². The van der Waals surface area contributed by atoms with E-state index in [9.17, 15) is 18.0 Å². The number of benzene rings is 2. The molecule has 1 aromatic heterocycles. The van der Waals surface area contributed by atoms with E-state index < -0.39 is 15.9 Å². The Bertz CT molecular complexity index is 1160. The Labute approximate surface area is 170 Å². The van der Waals surface area contributed by atoms with Crippen molar-refractivity contribution in [1.29, 1.82) is 0 Å². The van der Waals surface area contributed by atoms with Gasteiger partial charge in [-0.3, -0.25) is 9.59 Å². The molecule has 0 unspecified atom stereocenters. The van der Waals surface area contributed by atoms with Crippen LogP contribution < -0.4 is 4.31 Å². The fourth-order valence-corrected chi connectivity index (χ4v) is 4.78. The SMILES string of the molecule is CCCCC(=O)N(c1ccc2oc(C)c(C(C)=O)c2c1)S(=O)(=O)c1ccccc1. The Morgan fingerprint density at radius 2 is 1.76 bits per heavy atom. The van der Waals surface area contributed by atoms with E-state index in [0.717, 1.165) is 10.7 Å². The van der Waals surface area contributed by atoms with Crippen molar-refractivity contribution in [3.63, 3.8) is 0 Å². The quantitative estimate of drug-likeness (QED) is 0.517. The van der Waals surface area contributed by atoms with E-state index in [1.165, 1.54) is 31.2 Å². The van der Waals surface area contributed by atoms with Crippen molar-refractivity contribution in [2.24, 2.45) is 0 Å². The molecule has 3 aromatic rings. The molecule has 1 heterocycles. The summed E-state index contributed by atoms with van der Waals surface area (Å²) in [5.41, 5.74) is 1.04. The Morgan fingerprint density at radius 1 is 1.07 bits per heavy atom. The number of rotatable bonds is 7. The summed E-state index contributed by atoms with van der Waals surface area (Å²) in [4.78, 5) is 25.0. The van der Waals surface area contributed by atoms with E-state index in [4.69, 9.17) is 4.42 Å². The number of amides is 1. The molecule has 0 saturated carbocycles. The van der Waals surface area contributed by atoms with Crippen molar-refractivity contribution >= 4 is 38.4 Å². The molecule has 7 heteroatoms. The summed E-state index contributed by atoms with van der Waals surface area (Å²) in [7, 11) is -4.11. The van der Waals surface area contributed by atoms with Gasteiger partial charge in [-0.2, -0.15) is 0 Å². The van der Waals surface area contributed by atoms with Gasteiger partial charge in [0.1, 0.15) is 11.3 Å². The second kappa shape index (κ2) is 8.21. The molecule has 0 aliphatic rings. The molecule has 3 rings (SSSR count). The smallest absolute Gasteiger partial charge is 0.270 e. The summed E-state index contributed by atoms with van der Waals surface area (Å²) in [5.74, 6) is -0.243. The van der Waals surface area contributed by atoms with Crippen LogP contribution in [0.3, 0.4) is 0 Å². The first-order valence-electron chi connectivity index (χ1n) is 9.44. The van der Waals surface area contributed by atoms with Crippen LogP contribution in [-0.4, -0.2) is 20.1 Å². The third kappa shape index (κ3) is 3.96. The number of unbranched alkanes of at least 4 members (excludes halogenated alkanes) is 1. The Kier molecular flexibility index (Phi) is 5.88. The van der Waals surface area contributed by atoms with Crippen LogP contribution in [0.15, 0.2) is 57.8 Å². The van der Waals surface area contributed by atoms with Gasteiger partial charge in [-0.25, -0.2) is 12.7 Å². The zero-order valence-corrected chi connectivity index (χ0v) is 17.5. The molecule has 152 valence electrons. The van der Waals surface area contributed by atoms with Crippen molar-refractivity contribution < 1.29 is 22.4 Å². The average Bonchev–Trinajstić information content (AvgIpc) is 3.02. The van der Waals surface area contributed by atoms with Gasteiger partial charge >= 0.3 is 0 Å². The number of furan rings is 1. The lowest BCUT2D eigenvalue weighted by atomic mass is 10.1. The molecule has 1 amide bonds. The summed E-state index contributed by atoms with van der Waals surface area (Å²) >= 11 is 0. The summed E-state index contributed by atoms with van der Waals surface area (Å²) in [6.07, 6.45) is 1.44. The fraction of sp³-hybridized carbons (Fsp3) is 0.273. The number of fused-ring (bicyclic) bond motifs is 1. The Hall–Kier alpha value is -2.93. The predicted octanol–water partition coefficient (Wildman–Crippen LogP) is 4.86. The summed E-state index contributed by atoms with van der Waals surface area (Å²) < 4.78 is 33.1. The second-order valence-electron chi connectivity index (χ2n) is 6.85. The topological polar surface area (TPSA) is 84.7 Å². The van der Waals surface area contributed by atoms with Gasteiger partial charge in [0, 0.05) is 11.8 Å². The average molecular weight is 413 g/mol. The van der Waals surface area contributed by atoms with E-state index >= 15 is 0 Å². The van der Waals surface area contributed by atoms with E-state index in [0.29, 0.717) is 28.7 Å². The minimum absolute atomic E-state index is 0.0279. The molecule has 0 fully saturated rings. The van der Waals surface area contributed by atoms with Crippen LogP contribution in [0.1, 0.15) is 49.2 Å². The maximum atomic E-state index is 13.3. The third-order valence-electron chi connectivity index (χ3n) is 4.69. The second-order valence-corrected chi connectivity index (χ2v) is 8.64. The molecule has 0 aliphatic carbocycles. The summed E-state index contributed by atoms with van der Waals surface area (Å²) in [5, 5.41) is 0.490. The number of ketones is 1. The number of anilines is 1. The van der Waals surface area contributed by atoms with Crippen LogP contribution in [0.25, 0.3) is 11.0 Å². The van der Waals surface area contributed by atoms with Gasteiger partial charge in [-0.05, 0) is 50.6 Å². The lowest BCUT2D eigenvalue weighted by Crippen LogP contribution is -2.36. The molecule has 0 spiro atoms.